The fourth-order valence-electron chi connectivity index (χ4n) is 3.22. The largest absolute Gasteiger partial charge is 0.354 e. The Balaban J connectivity index is 1.57. The molecule has 0 aromatic heterocycles. The highest BCUT2D eigenvalue weighted by Crippen LogP contribution is 2.32. The first-order valence-electron chi connectivity index (χ1n) is 9.31. The lowest BCUT2D eigenvalue weighted by Gasteiger charge is -2.25. The normalized spacial score (nSPS) is 18.6. The molecule has 8 heteroatoms. The molecule has 4 amide bonds. The van der Waals surface area contributed by atoms with Crippen LogP contribution in [0.4, 0.5) is 9.18 Å². The Hall–Kier alpha value is -2.87. The molecule has 2 aromatic carbocycles. The van der Waals surface area contributed by atoms with Gasteiger partial charge in [-0.1, -0.05) is 37.3 Å². The topological polar surface area (TPSA) is 78.5 Å². The number of urea groups is 1. The molecule has 1 atom stereocenters. The lowest BCUT2D eigenvalue weighted by molar-refractivity contribution is -0.135. The summed E-state index contributed by atoms with van der Waals surface area (Å²) >= 11 is 1.60. The first-order chi connectivity index (χ1) is 14.0. The molecule has 1 fully saturated rings. The van der Waals surface area contributed by atoms with E-state index < -0.39 is 29.2 Å². The van der Waals surface area contributed by atoms with Crippen LogP contribution in [-0.4, -0.2) is 41.6 Å². The zero-order valence-corrected chi connectivity index (χ0v) is 16.8. The van der Waals surface area contributed by atoms with Crippen LogP contribution in [0.5, 0.6) is 0 Å². The van der Waals surface area contributed by atoms with Gasteiger partial charge in [0.1, 0.15) is 17.9 Å². The van der Waals surface area contributed by atoms with Crippen LogP contribution in [0.15, 0.2) is 59.5 Å². The average Bonchev–Trinajstić information content (AvgIpc) is 2.97. The van der Waals surface area contributed by atoms with Gasteiger partial charge in [0.2, 0.25) is 5.91 Å². The van der Waals surface area contributed by atoms with Crippen LogP contribution < -0.4 is 10.6 Å². The fourth-order valence-corrected chi connectivity index (χ4v) is 4.01. The number of benzene rings is 2. The van der Waals surface area contributed by atoms with Crippen molar-refractivity contribution in [3.63, 3.8) is 0 Å². The summed E-state index contributed by atoms with van der Waals surface area (Å²) in [5.74, 6) is -0.676. The molecule has 2 aromatic rings. The van der Waals surface area contributed by atoms with E-state index >= 15 is 0 Å². The second-order valence-electron chi connectivity index (χ2n) is 6.60. The van der Waals surface area contributed by atoms with Gasteiger partial charge in [-0.2, -0.15) is 0 Å². The standard InChI is InChI=1S/C21H22FN3O3S/c1-2-21(15-8-10-16(22)11-9-15)19(27)25(20(28)24-21)14-18(26)23-12-13-29-17-6-4-3-5-7-17/h3-11H,2,12-14H2,1H3,(H,23,26)(H,24,28)/t21-/m1/s1. The van der Waals surface area contributed by atoms with Crippen LogP contribution in [0.2, 0.25) is 0 Å². The summed E-state index contributed by atoms with van der Waals surface area (Å²) in [7, 11) is 0. The van der Waals surface area contributed by atoms with Crippen molar-refractivity contribution in [2.24, 2.45) is 0 Å². The molecule has 152 valence electrons. The molecule has 0 aliphatic carbocycles. The van der Waals surface area contributed by atoms with Crippen LogP contribution in [0, 0.1) is 5.82 Å². The van der Waals surface area contributed by atoms with Gasteiger partial charge in [-0.05, 0) is 36.2 Å². The molecule has 0 bridgehead atoms. The zero-order chi connectivity index (χ0) is 20.9. The monoisotopic (exact) mass is 415 g/mol. The van der Waals surface area contributed by atoms with Gasteiger partial charge < -0.3 is 10.6 Å². The number of carbonyl (C=O) groups is 3. The van der Waals surface area contributed by atoms with Gasteiger partial charge in [0.25, 0.3) is 5.91 Å². The molecule has 0 unspecified atom stereocenters. The molecule has 0 saturated carbocycles. The highest BCUT2D eigenvalue weighted by Gasteiger charge is 2.51. The van der Waals surface area contributed by atoms with Gasteiger partial charge in [0, 0.05) is 17.2 Å². The molecule has 1 aliphatic rings. The Morgan fingerprint density at radius 1 is 1.14 bits per heavy atom. The minimum absolute atomic E-state index is 0.287. The number of imide groups is 1. The summed E-state index contributed by atoms with van der Waals surface area (Å²) in [6.45, 7) is 1.81. The molecule has 29 heavy (non-hydrogen) atoms. The van der Waals surface area contributed by atoms with Crippen molar-refractivity contribution in [1.29, 1.82) is 0 Å². The SMILES string of the molecule is CC[C@]1(c2ccc(F)cc2)NC(=O)N(CC(=O)NCCSc2ccccc2)C1=O. The Bertz CT molecular complexity index is 892. The molecule has 1 saturated heterocycles. The number of thioether (sulfide) groups is 1. The number of amides is 4. The third-order valence-electron chi connectivity index (χ3n) is 4.78. The van der Waals surface area contributed by atoms with E-state index in [4.69, 9.17) is 0 Å². The van der Waals surface area contributed by atoms with E-state index in [-0.39, 0.29) is 13.0 Å². The van der Waals surface area contributed by atoms with Crippen molar-refractivity contribution in [3.8, 4) is 0 Å². The van der Waals surface area contributed by atoms with Crippen molar-refractivity contribution in [2.45, 2.75) is 23.8 Å². The molecule has 2 N–H and O–H groups in total. The van der Waals surface area contributed by atoms with E-state index in [9.17, 15) is 18.8 Å². The smallest absolute Gasteiger partial charge is 0.325 e. The van der Waals surface area contributed by atoms with Gasteiger partial charge in [0.05, 0.1) is 0 Å². The van der Waals surface area contributed by atoms with E-state index in [1.54, 1.807) is 18.7 Å². The highest BCUT2D eigenvalue weighted by atomic mass is 32.2. The number of hydrogen-bond acceptors (Lipinski definition) is 4. The molecule has 0 spiro atoms. The van der Waals surface area contributed by atoms with Crippen LogP contribution in [0.1, 0.15) is 18.9 Å². The summed E-state index contributed by atoms with van der Waals surface area (Å²) in [5.41, 5.74) is -0.796. The summed E-state index contributed by atoms with van der Waals surface area (Å²) in [6, 6.07) is 14.6. The lowest BCUT2D eigenvalue weighted by Crippen LogP contribution is -2.45. The van der Waals surface area contributed by atoms with Crippen molar-refractivity contribution in [1.82, 2.24) is 15.5 Å². The minimum atomic E-state index is -1.28. The van der Waals surface area contributed by atoms with Gasteiger partial charge >= 0.3 is 6.03 Å². The molecular weight excluding hydrogens is 393 g/mol. The quantitative estimate of drug-likeness (QED) is 0.395. The van der Waals surface area contributed by atoms with Crippen molar-refractivity contribution < 1.29 is 18.8 Å². The molecule has 0 radical (unpaired) electrons. The first-order valence-corrected chi connectivity index (χ1v) is 10.3. The van der Waals surface area contributed by atoms with E-state index in [1.807, 2.05) is 30.3 Å². The first kappa shape index (κ1) is 20.9. The Morgan fingerprint density at radius 3 is 2.48 bits per heavy atom. The number of nitrogens with one attached hydrogen (secondary N) is 2. The summed E-state index contributed by atoms with van der Waals surface area (Å²) in [4.78, 5) is 39.6. The van der Waals surface area contributed by atoms with Crippen molar-refractivity contribution in [3.05, 3.63) is 66.0 Å². The summed E-state index contributed by atoms with van der Waals surface area (Å²) in [6.07, 6.45) is 0.287. The van der Waals surface area contributed by atoms with Crippen LogP contribution in [0.25, 0.3) is 0 Å². The lowest BCUT2D eigenvalue weighted by atomic mass is 9.87. The Labute approximate surface area is 172 Å². The number of hydrogen-bond donors (Lipinski definition) is 2. The minimum Gasteiger partial charge on any atom is -0.354 e. The number of halogens is 1. The van der Waals surface area contributed by atoms with Crippen molar-refractivity contribution in [2.75, 3.05) is 18.8 Å². The van der Waals surface area contributed by atoms with Gasteiger partial charge in [-0.25, -0.2) is 9.18 Å². The third kappa shape index (κ3) is 4.59. The number of carbonyl (C=O) groups excluding carboxylic acids is 3. The van der Waals surface area contributed by atoms with Crippen LogP contribution in [-0.2, 0) is 15.1 Å². The van der Waals surface area contributed by atoms with Crippen LogP contribution in [0.3, 0.4) is 0 Å². The highest BCUT2D eigenvalue weighted by molar-refractivity contribution is 7.99. The van der Waals surface area contributed by atoms with Crippen LogP contribution >= 0.6 is 11.8 Å². The maximum Gasteiger partial charge on any atom is 0.325 e. The molecule has 1 heterocycles. The Morgan fingerprint density at radius 2 is 1.83 bits per heavy atom. The fraction of sp³-hybridized carbons (Fsp3) is 0.286. The summed E-state index contributed by atoms with van der Waals surface area (Å²) in [5, 5.41) is 5.41. The summed E-state index contributed by atoms with van der Waals surface area (Å²) < 4.78 is 13.2. The average molecular weight is 415 g/mol. The van der Waals surface area contributed by atoms with E-state index in [1.165, 1.54) is 24.3 Å². The van der Waals surface area contributed by atoms with E-state index in [0.29, 0.717) is 17.9 Å². The maximum atomic E-state index is 13.2. The molecule has 1 aliphatic heterocycles. The molecular formula is C21H22FN3O3S. The predicted octanol–water partition coefficient (Wildman–Crippen LogP) is 2.89. The predicted molar refractivity (Wildman–Crippen MR) is 109 cm³/mol. The van der Waals surface area contributed by atoms with Gasteiger partial charge in [0.15, 0.2) is 0 Å². The van der Waals surface area contributed by atoms with E-state index in [2.05, 4.69) is 10.6 Å². The van der Waals surface area contributed by atoms with Crippen molar-refractivity contribution >= 4 is 29.6 Å². The Kier molecular flexibility index (Phi) is 6.53. The second-order valence-corrected chi connectivity index (χ2v) is 7.77. The van der Waals surface area contributed by atoms with E-state index in [0.717, 1.165) is 9.80 Å². The third-order valence-corrected chi connectivity index (χ3v) is 5.79. The number of nitrogens with zero attached hydrogens (tertiary/aromatic N) is 1. The molecule has 6 nitrogen and oxygen atoms in total. The second kappa shape index (κ2) is 9.09. The number of rotatable bonds is 8. The van der Waals surface area contributed by atoms with Gasteiger partial charge in [-0.3, -0.25) is 14.5 Å². The van der Waals surface area contributed by atoms with Gasteiger partial charge in [-0.15, -0.1) is 11.8 Å². The molecule has 3 rings (SSSR count). The zero-order valence-electron chi connectivity index (χ0n) is 16.0. The maximum absolute atomic E-state index is 13.2.